The number of hydrogen-bond donors (Lipinski definition) is 1. The summed E-state index contributed by atoms with van der Waals surface area (Å²) in [6.45, 7) is 0.944. The van der Waals surface area contributed by atoms with Crippen LogP contribution in [0.1, 0.15) is 36.7 Å². The lowest BCUT2D eigenvalue weighted by Crippen LogP contribution is -2.23. The Labute approximate surface area is 166 Å². The zero-order valence-corrected chi connectivity index (χ0v) is 15.8. The average molecular weight is 387 g/mol. The van der Waals surface area contributed by atoms with Crippen LogP contribution < -0.4 is 5.73 Å². The lowest BCUT2D eigenvalue weighted by Gasteiger charge is -2.16. The van der Waals surface area contributed by atoms with Crippen molar-refractivity contribution >= 4 is 23.2 Å². The van der Waals surface area contributed by atoms with E-state index in [0.717, 1.165) is 27.8 Å². The monoisotopic (exact) mass is 387 g/mol. The molecule has 2 heterocycles. The number of nitrogens with two attached hydrogens (primary N) is 1. The van der Waals surface area contributed by atoms with Crippen LogP contribution in [-0.4, -0.2) is 16.7 Å². The highest BCUT2D eigenvalue weighted by atomic mass is 32.1. The maximum absolute atomic E-state index is 12.9. The van der Waals surface area contributed by atoms with E-state index in [1.165, 1.54) is 11.3 Å². The van der Waals surface area contributed by atoms with E-state index in [1.807, 2.05) is 53.9 Å². The van der Waals surface area contributed by atoms with E-state index in [2.05, 4.69) is 6.07 Å². The predicted molar refractivity (Wildman–Crippen MR) is 108 cm³/mol. The first-order valence-corrected chi connectivity index (χ1v) is 9.70. The molecule has 0 unspecified atom stereocenters. The van der Waals surface area contributed by atoms with E-state index in [0.29, 0.717) is 30.0 Å². The fraction of sp³-hybridized carbons (Fsp3) is 0.136. The molecule has 1 aliphatic rings. The highest BCUT2D eigenvalue weighted by molar-refractivity contribution is 7.12. The van der Waals surface area contributed by atoms with Gasteiger partial charge in [0.25, 0.3) is 11.8 Å². The first kappa shape index (κ1) is 18.0. The molecule has 0 atom stereocenters. The molecule has 138 valence electrons. The van der Waals surface area contributed by atoms with Crippen molar-refractivity contribution in [2.24, 2.45) is 5.73 Å². The Morgan fingerprint density at radius 3 is 2.64 bits per heavy atom. The van der Waals surface area contributed by atoms with Crippen molar-refractivity contribution < 1.29 is 9.59 Å². The first-order valence-electron chi connectivity index (χ1n) is 8.82. The maximum atomic E-state index is 12.9. The molecule has 0 radical (unpaired) electrons. The van der Waals surface area contributed by atoms with Crippen LogP contribution in [0.25, 0.3) is 11.1 Å². The molecule has 2 aromatic carbocycles. The number of carbonyl (C=O) groups is 2. The summed E-state index contributed by atoms with van der Waals surface area (Å²) in [6, 6.07) is 17.4. The molecule has 5 nitrogen and oxygen atoms in total. The Morgan fingerprint density at radius 1 is 1.11 bits per heavy atom. The van der Waals surface area contributed by atoms with E-state index in [1.54, 1.807) is 4.90 Å². The van der Waals surface area contributed by atoms with Gasteiger partial charge in [0, 0.05) is 24.2 Å². The molecule has 28 heavy (non-hydrogen) atoms. The Morgan fingerprint density at radius 2 is 1.86 bits per heavy atom. The van der Waals surface area contributed by atoms with Gasteiger partial charge < -0.3 is 10.6 Å². The van der Waals surface area contributed by atoms with Crippen LogP contribution in [-0.2, 0) is 19.5 Å². The smallest absolute Gasteiger partial charge is 0.259 e. The van der Waals surface area contributed by atoms with Crippen molar-refractivity contribution in [1.29, 1.82) is 5.26 Å². The van der Waals surface area contributed by atoms with Gasteiger partial charge >= 0.3 is 0 Å². The molecule has 2 N–H and O–H groups in total. The summed E-state index contributed by atoms with van der Waals surface area (Å²) in [5.74, 6) is -0.489. The Balaban J connectivity index is 1.66. The van der Waals surface area contributed by atoms with Crippen molar-refractivity contribution in [2.45, 2.75) is 19.5 Å². The van der Waals surface area contributed by atoms with Crippen LogP contribution in [0.5, 0.6) is 0 Å². The molecule has 0 fully saturated rings. The standard InChI is InChI=1S/C22H17N3O2S/c23-9-7-14-3-1-4-15(11-14)12-25-13-19-16(5-2-6-18(19)22(25)27)17-8-10-28-20(17)21(24)26/h1-6,8,10-11H,7,12-13H2,(H2,24,26). The Hall–Kier alpha value is -3.43. The zero-order valence-electron chi connectivity index (χ0n) is 15.0. The van der Waals surface area contributed by atoms with Gasteiger partial charge in [-0.1, -0.05) is 36.4 Å². The SMILES string of the molecule is N#CCc1cccc(CN2Cc3c(cccc3-c3ccsc3C(N)=O)C2=O)c1. The number of fused-ring (bicyclic) bond motifs is 1. The van der Waals surface area contributed by atoms with Gasteiger partial charge in [-0.05, 0) is 39.8 Å². The van der Waals surface area contributed by atoms with Crippen LogP contribution in [0.2, 0.25) is 0 Å². The first-order chi connectivity index (χ1) is 13.6. The number of amides is 2. The second-order valence-electron chi connectivity index (χ2n) is 6.68. The van der Waals surface area contributed by atoms with Gasteiger partial charge in [0.05, 0.1) is 17.4 Å². The zero-order chi connectivity index (χ0) is 19.7. The quantitative estimate of drug-likeness (QED) is 0.723. The lowest BCUT2D eigenvalue weighted by atomic mass is 9.97. The summed E-state index contributed by atoms with van der Waals surface area (Å²) in [7, 11) is 0. The minimum atomic E-state index is -0.460. The lowest BCUT2D eigenvalue weighted by molar-refractivity contribution is 0.0766. The fourth-order valence-electron chi connectivity index (χ4n) is 3.63. The summed E-state index contributed by atoms with van der Waals surface area (Å²) < 4.78 is 0. The van der Waals surface area contributed by atoms with Gasteiger partial charge in [0.2, 0.25) is 0 Å². The summed E-state index contributed by atoms with van der Waals surface area (Å²) in [4.78, 5) is 27.0. The van der Waals surface area contributed by atoms with Crippen LogP contribution in [0, 0.1) is 11.3 Å². The Kier molecular flexibility index (Phi) is 4.68. The van der Waals surface area contributed by atoms with Gasteiger partial charge in [-0.2, -0.15) is 5.26 Å². The second-order valence-corrected chi connectivity index (χ2v) is 7.59. The summed E-state index contributed by atoms with van der Waals surface area (Å²) in [5.41, 5.74) is 10.7. The minimum Gasteiger partial charge on any atom is -0.365 e. The Bertz CT molecular complexity index is 1130. The summed E-state index contributed by atoms with van der Waals surface area (Å²) in [6.07, 6.45) is 0.347. The van der Waals surface area contributed by atoms with Gasteiger partial charge in [-0.25, -0.2) is 0 Å². The van der Waals surface area contributed by atoms with E-state index in [4.69, 9.17) is 11.0 Å². The molecule has 0 saturated heterocycles. The molecule has 4 rings (SSSR count). The molecular formula is C22H17N3O2S. The second kappa shape index (κ2) is 7.29. The van der Waals surface area contributed by atoms with Crippen LogP contribution in [0.3, 0.4) is 0 Å². The molecule has 6 heteroatoms. The molecule has 2 amide bonds. The molecule has 0 bridgehead atoms. The number of nitrogens with zero attached hydrogens (tertiary/aromatic N) is 2. The van der Waals surface area contributed by atoms with Gasteiger partial charge in [0.15, 0.2) is 0 Å². The van der Waals surface area contributed by atoms with Gasteiger partial charge in [0.1, 0.15) is 0 Å². The topological polar surface area (TPSA) is 87.2 Å². The maximum Gasteiger partial charge on any atom is 0.259 e. The third kappa shape index (κ3) is 3.17. The molecule has 3 aromatic rings. The third-order valence-electron chi connectivity index (χ3n) is 4.87. The van der Waals surface area contributed by atoms with E-state index in [-0.39, 0.29) is 5.91 Å². The number of hydrogen-bond acceptors (Lipinski definition) is 4. The largest absolute Gasteiger partial charge is 0.365 e. The van der Waals surface area contributed by atoms with Gasteiger partial charge in [-0.3, -0.25) is 9.59 Å². The van der Waals surface area contributed by atoms with E-state index in [9.17, 15) is 9.59 Å². The van der Waals surface area contributed by atoms with E-state index >= 15 is 0 Å². The molecule has 0 saturated carbocycles. The summed E-state index contributed by atoms with van der Waals surface area (Å²) >= 11 is 1.31. The van der Waals surface area contributed by atoms with Gasteiger partial charge in [-0.15, -0.1) is 11.3 Å². The van der Waals surface area contributed by atoms with Crippen molar-refractivity contribution in [3.63, 3.8) is 0 Å². The molecule has 1 aromatic heterocycles. The number of benzene rings is 2. The summed E-state index contributed by atoms with van der Waals surface area (Å²) in [5, 5.41) is 10.7. The van der Waals surface area contributed by atoms with Crippen LogP contribution in [0.15, 0.2) is 53.9 Å². The van der Waals surface area contributed by atoms with E-state index < -0.39 is 5.91 Å². The fourth-order valence-corrected chi connectivity index (χ4v) is 4.39. The highest BCUT2D eigenvalue weighted by Gasteiger charge is 2.30. The number of carbonyl (C=O) groups excluding carboxylic acids is 2. The molecule has 1 aliphatic heterocycles. The van der Waals surface area contributed by atoms with Crippen LogP contribution in [0.4, 0.5) is 0 Å². The average Bonchev–Trinajstić information content (AvgIpc) is 3.28. The number of rotatable bonds is 5. The number of primary amides is 1. The normalized spacial score (nSPS) is 12.7. The number of nitriles is 1. The minimum absolute atomic E-state index is 0.0293. The third-order valence-corrected chi connectivity index (χ3v) is 5.80. The van der Waals surface area contributed by atoms with Crippen molar-refractivity contribution in [2.75, 3.05) is 0 Å². The number of thiophene rings is 1. The molecular weight excluding hydrogens is 370 g/mol. The van der Waals surface area contributed by atoms with Crippen molar-refractivity contribution in [3.05, 3.63) is 81.0 Å². The molecule has 0 spiro atoms. The van der Waals surface area contributed by atoms with Crippen LogP contribution >= 0.6 is 11.3 Å². The predicted octanol–water partition coefficient (Wildman–Crippen LogP) is 3.74. The van der Waals surface area contributed by atoms with Crippen molar-refractivity contribution in [1.82, 2.24) is 4.90 Å². The van der Waals surface area contributed by atoms with Crippen molar-refractivity contribution in [3.8, 4) is 17.2 Å². The molecule has 0 aliphatic carbocycles. The highest BCUT2D eigenvalue weighted by Crippen LogP contribution is 2.36.